The van der Waals surface area contributed by atoms with Crippen LogP contribution in [-0.2, 0) is 19.6 Å². The highest BCUT2D eigenvalue weighted by molar-refractivity contribution is 7.89. The monoisotopic (exact) mass is 315 g/mol. The number of hydrogen-bond donors (Lipinski definition) is 3. The summed E-state index contributed by atoms with van der Waals surface area (Å²) in [4.78, 5) is 11.8. The number of anilines is 1. The summed E-state index contributed by atoms with van der Waals surface area (Å²) in [7, 11) is -2.23. The number of amides is 1. The fourth-order valence-corrected chi connectivity index (χ4v) is 2.31. The third kappa shape index (κ3) is 5.43. The van der Waals surface area contributed by atoms with E-state index >= 15 is 0 Å². The maximum absolute atomic E-state index is 11.8. The first-order valence-electron chi connectivity index (χ1n) is 6.39. The Morgan fingerprint density at radius 1 is 1.33 bits per heavy atom. The molecule has 0 atom stereocenters. The van der Waals surface area contributed by atoms with Crippen molar-refractivity contribution in [1.29, 1.82) is 0 Å². The minimum Gasteiger partial charge on any atom is -0.383 e. The molecule has 0 unspecified atom stereocenters. The van der Waals surface area contributed by atoms with Crippen LogP contribution in [0.4, 0.5) is 5.69 Å². The lowest BCUT2D eigenvalue weighted by Gasteiger charge is -2.13. The summed E-state index contributed by atoms with van der Waals surface area (Å²) in [6.07, 6.45) is 0. The topological polar surface area (TPSA) is 111 Å². The zero-order chi connectivity index (χ0) is 16.0. The lowest BCUT2D eigenvalue weighted by atomic mass is 10.1. The molecule has 0 radical (unpaired) electrons. The maximum atomic E-state index is 11.8. The Morgan fingerprint density at radius 3 is 2.57 bits per heavy atom. The van der Waals surface area contributed by atoms with Crippen LogP contribution in [0.3, 0.4) is 0 Å². The highest BCUT2D eigenvalue weighted by Crippen LogP contribution is 2.23. The summed E-state index contributed by atoms with van der Waals surface area (Å²) < 4.78 is 27.7. The molecule has 0 fully saturated rings. The number of rotatable bonds is 7. The van der Waals surface area contributed by atoms with Gasteiger partial charge in [-0.05, 0) is 37.1 Å². The van der Waals surface area contributed by atoms with Gasteiger partial charge in [-0.2, -0.15) is 0 Å². The SMILES string of the molecule is COCCNCC(=O)Nc1cc(S(N)(=O)=O)cc(C)c1C. The molecule has 0 saturated heterocycles. The van der Waals surface area contributed by atoms with Crippen molar-refractivity contribution in [3.63, 3.8) is 0 Å². The van der Waals surface area contributed by atoms with Gasteiger partial charge in [0.1, 0.15) is 0 Å². The minimum atomic E-state index is -3.81. The average Bonchev–Trinajstić information content (AvgIpc) is 2.38. The highest BCUT2D eigenvalue weighted by Gasteiger charge is 2.14. The number of hydrogen-bond acceptors (Lipinski definition) is 5. The summed E-state index contributed by atoms with van der Waals surface area (Å²) in [5, 5.41) is 10.7. The molecule has 0 aliphatic carbocycles. The van der Waals surface area contributed by atoms with Gasteiger partial charge in [0, 0.05) is 19.3 Å². The minimum absolute atomic E-state index is 0.0201. The second-order valence-corrected chi connectivity index (χ2v) is 6.24. The van der Waals surface area contributed by atoms with E-state index in [1.165, 1.54) is 12.1 Å². The molecular formula is C13H21N3O4S. The summed E-state index contributed by atoms with van der Waals surface area (Å²) in [6.45, 7) is 4.74. The lowest BCUT2D eigenvalue weighted by Crippen LogP contribution is -2.30. The van der Waals surface area contributed by atoms with Crippen molar-refractivity contribution >= 4 is 21.6 Å². The standard InChI is InChI=1S/C13H21N3O4S/c1-9-6-11(21(14,18)19)7-12(10(9)2)16-13(17)8-15-4-5-20-3/h6-7,15H,4-5,8H2,1-3H3,(H,16,17)(H2,14,18,19). The normalized spacial score (nSPS) is 11.4. The number of carbonyl (C=O) groups excluding carboxylic acids is 1. The molecule has 1 aromatic carbocycles. The van der Waals surface area contributed by atoms with Crippen molar-refractivity contribution in [3.8, 4) is 0 Å². The first-order chi connectivity index (χ1) is 9.75. The molecule has 0 saturated carbocycles. The number of methoxy groups -OCH3 is 1. The molecule has 21 heavy (non-hydrogen) atoms. The number of sulfonamides is 1. The molecule has 0 heterocycles. The fourth-order valence-electron chi connectivity index (χ4n) is 1.69. The first kappa shape index (κ1) is 17.6. The Kier molecular flexibility index (Phi) is 6.28. The van der Waals surface area contributed by atoms with Crippen molar-refractivity contribution < 1.29 is 17.9 Å². The molecule has 1 rings (SSSR count). The van der Waals surface area contributed by atoms with Gasteiger partial charge in [-0.1, -0.05) is 0 Å². The summed E-state index contributed by atoms with van der Waals surface area (Å²) in [5.74, 6) is -0.264. The van der Waals surface area contributed by atoms with E-state index in [0.717, 1.165) is 11.1 Å². The number of ether oxygens (including phenoxy) is 1. The van der Waals surface area contributed by atoms with Crippen molar-refractivity contribution in [2.45, 2.75) is 18.7 Å². The quantitative estimate of drug-likeness (QED) is 0.619. The average molecular weight is 315 g/mol. The number of nitrogens with one attached hydrogen (secondary N) is 2. The van der Waals surface area contributed by atoms with E-state index in [2.05, 4.69) is 10.6 Å². The van der Waals surface area contributed by atoms with Gasteiger partial charge < -0.3 is 15.4 Å². The predicted molar refractivity (Wildman–Crippen MR) is 80.7 cm³/mol. The second-order valence-electron chi connectivity index (χ2n) is 4.68. The van der Waals surface area contributed by atoms with Gasteiger partial charge in [-0.25, -0.2) is 13.6 Å². The highest BCUT2D eigenvalue weighted by atomic mass is 32.2. The fraction of sp³-hybridized carbons (Fsp3) is 0.462. The molecular weight excluding hydrogens is 294 g/mol. The van der Waals surface area contributed by atoms with Crippen LogP contribution in [0.25, 0.3) is 0 Å². The largest absolute Gasteiger partial charge is 0.383 e. The molecule has 0 bridgehead atoms. The van der Waals surface area contributed by atoms with E-state index in [0.29, 0.717) is 18.8 Å². The van der Waals surface area contributed by atoms with E-state index in [1.54, 1.807) is 21.0 Å². The molecule has 4 N–H and O–H groups in total. The molecule has 0 aliphatic heterocycles. The molecule has 0 aliphatic rings. The number of carbonyl (C=O) groups is 1. The number of benzene rings is 1. The van der Waals surface area contributed by atoms with Crippen LogP contribution in [0, 0.1) is 13.8 Å². The number of primary sulfonamides is 1. The van der Waals surface area contributed by atoms with Gasteiger partial charge in [0.25, 0.3) is 0 Å². The van der Waals surface area contributed by atoms with Gasteiger partial charge in [-0.15, -0.1) is 0 Å². The van der Waals surface area contributed by atoms with Crippen LogP contribution in [-0.4, -0.2) is 41.1 Å². The molecule has 8 heteroatoms. The lowest BCUT2D eigenvalue weighted by molar-refractivity contribution is -0.115. The number of aryl methyl sites for hydroxylation is 1. The Morgan fingerprint density at radius 2 is 2.00 bits per heavy atom. The zero-order valence-corrected chi connectivity index (χ0v) is 13.2. The van der Waals surface area contributed by atoms with Crippen molar-refractivity contribution in [2.75, 3.05) is 32.1 Å². The van der Waals surface area contributed by atoms with Gasteiger partial charge in [-0.3, -0.25) is 4.79 Å². The van der Waals surface area contributed by atoms with Crippen LogP contribution >= 0.6 is 0 Å². The van der Waals surface area contributed by atoms with Crippen molar-refractivity contribution in [3.05, 3.63) is 23.3 Å². The smallest absolute Gasteiger partial charge is 0.238 e. The van der Waals surface area contributed by atoms with Gasteiger partial charge in [0.2, 0.25) is 15.9 Å². The van der Waals surface area contributed by atoms with Gasteiger partial charge >= 0.3 is 0 Å². The zero-order valence-electron chi connectivity index (χ0n) is 12.4. The summed E-state index contributed by atoms with van der Waals surface area (Å²) in [6, 6.07) is 2.85. The van der Waals surface area contributed by atoms with E-state index in [-0.39, 0.29) is 17.3 Å². The van der Waals surface area contributed by atoms with Crippen LogP contribution < -0.4 is 15.8 Å². The molecule has 1 aromatic rings. The van der Waals surface area contributed by atoms with Crippen molar-refractivity contribution in [1.82, 2.24) is 5.32 Å². The molecule has 0 spiro atoms. The van der Waals surface area contributed by atoms with Gasteiger partial charge in [0.15, 0.2) is 0 Å². The molecule has 118 valence electrons. The third-order valence-corrected chi connectivity index (χ3v) is 3.90. The van der Waals surface area contributed by atoms with E-state index < -0.39 is 10.0 Å². The third-order valence-electron chi connectivity index (χ3n) is 3.01. The predicted octanol–water partition coefficient (Wildman–Crippen LogP) is 0.125. The Bertz CT molecular complexity index is 614. The van der Waals surface area contributed by atoms with E-state index in [4.69, 9.17) is 9.88 Å². The van der Waals surface area contributed by atoms with E-state index in [9.17, 15) is 13.2 Å². The Balaban J connectivity index is 2.83. The summed E-state index contributed by atoms with van der Waals surface area (Å²) >= 11 is 0. The molecule has 1 amide bonds. The summed E-state index contributed by atoms with van der Waals surface area (Å²) in [5.41, 5.74) is 1.98. The Labute approximate surface area is 124 Å². The first-order valence-corrected chi connectivity index (χ1v) is 7.94. The van der Waals surface area contributed by atoms with Crippen molar-refractivity contribution in [2.24, 2.45) is 5.14 Å². The van der Waals surface area contributed by atoms with Crippen LogP contribution in [0.5, 0.6) is 0 Å². The van der Waals surface area contributed by atoms with Gasteiger partial charge in [0.05, 0.1) is 18.0 Å². The second kappa shape index (κ2) is 7.51. The van der Waals surface area contributed by atoms with Crippen LogP contribution in [0.1, 0.15) is 11.1 Å². The van der Waals surface area contributed by atoms with Crippen LogP contribution in [0.2, 0.25) is 0 Å². The molecule has 0 aromatic heterocycles. The Hall–Kier alpha value is -1.48. The maximum Gasteiger partial charge on any atom is 0.238 e. The molecule has 7 nitrogen and oxygen atoms in total. The van der Waals surface area contributed by atoms with E-state index in [1.807, 2.05) is 0 Å². The van der Waals surface area contributed by atoms with Crippen LogP contribution in [0.15, 0.2) is 17.0 Å². The number of nitrogens with two attached hydrogens (primary N) is 1.